The van der Waals surface area contributed by atoms with Crippen molar-refractivity contribution in [3.8, 4) is 0 Å². The summed E-state index contributed by atoms with van der Waals surface area (Å²) < 4.78 is 36.3. The van der Waals surface area contributed by atoms with Crippen molar-refractivity contribution in [2.75, 3.05) is 26.1 Å². The molecule has 0 N–H and O–H groups in total. The molecule has 13 heavy (non-hydrogen) atoms. The van der Waals surface area contributed by atoms with Gasteiger partial charge in [0.05, 0.1) is 32.2 Å². The van der Waals surface area contributed by atoms with Crippen LogP contribution in [0.3, 0.4) is 0 Å². The molecule has 1 aliphatic heterocycles. The van der Waals surface area contributed by atoms with E-state index in [9.17, 15) is 8.42 Å². The number of ether oxygens (including phenoxy) is 2. The van der Waals surface area contributed by atoms with E-state index in [1.807, 2.05) is 6.92 Å². The van der Waals surface area contributed by atoms with Gasteiger partial charge >= 0.3 is 0 Å². The van der Waals surface area contributed by atoms with Gasteiger partial charge < -0.3 is 9.47 Å². The molecule has 0 amide bonds. The summed E-state index contributed by atoms with van der Waals surface area (Å²) in [6.07, 6.45) is 0.819. The minimum atomic E-state index is -3.37. The first-order valence-corrected chi connectivity index (χ1v) is 5.86. The fourth-order valence-corrected chi connectivity index (χ4v) is 1.33. The first kappa shape index (κ1) is 10.9. The second kappa shape index (κ2) is 4.36. The van der Waals surface area contributed by atoms with Gasteiger partial charge in [0.1, 0.15) is 6.10 Å². The van der Waals surface area contributed by atoms with Gasteiger partial charge in [-0.2, -0.15) is 8.42 Å². The molecule has 0 saturated carbocycles. The Morgan fingerprint density at radius 3 is 2.54 bits per heavy atom. The summed E-state index contributed by atoms with van der Waals surface area (Å²) in [5.74, 6) is 0. The van der Waals surface area contributed by atoms with Gasteiger partial charge in [-0.15, -0.1) is 0 Å². The molecule has 1 rings (SSSR count). The van der Waals surface area contributed by atoms with Crippen LogP contribution in [0.4, 0.5) is 0 Å². The molecule has 1 saturated heterocycles. The van der Waals surface area contributed by atoms with Crippen LogP contribution in [0.2, 0.25) is 0 Å². The van der Waals surface area contributed by atoms with Crippen molar-refractivity contribution in [2.24, 2.45) is 0 Å². The summed E-state index contributed by atoms with van der Waals surface area (Å²) in [5.41, 5.74) is 0. The minimum absolute atomic E-state index is 0.0333. The largest absolute Gasteiger partial charge is 0.373 e. The zero-order valence-corrected chi connectivity index (χ0v) is 8.54. The van der Waals surface area contributed by atoms with E-state index in [1.165, 1.54) is 0 Å². The highest BCUT2D eigenvalue weighted by molar-refractivity contribution is 7.85. The lowest BCUT2D eigenvalue weighted by molar-refractivity contribution is -0.135. The Morgan fingerprint density at radius 1 is 1.38 bits per heavy atom. The van der Waals surface area contributed by atoms with Crippen molar-refractivity contribution in [3.05, 3.63) is 0 Å². The van der Waals surface area contributed by atoms with Gasteiger partial charge in [0.25, 0.3) is 10.1 Å². The van der Waals surface area contributed by atoms with Crippen molar-refractivity contribution in [1.29, 1.82) is 0 Å². The van der Waals surface area contributed by atoms with Crippen LogP contribution in [0.15, 0.2) is 0 Å². The lowest BCUT2D eigenvalue weighted by atomic mass is 10.3. The Balaban J connectivity index is 2.24. The van der Waals surface area contributed by atoms with Crippen LogP contribution in [0.25, 0.3) is 0 Å². The summed E-state index contributed by atoms with van der Waals surface area (Å²) in [7, 11) is -3.37. The van der Waals surface area contributed by atoms with E-state index in [0.29, 0.717) is 13.2 Å². The molecular formula is C7H14O5S. The van der Waals surface area contributed by atoms with Crippen LogP contribution < -0.4 is 0 Å². The first-order valence-electron chi connectivity index (χ1n) is 4.05. The van der Waals surface area contributed by atoms with Gasteiger partial charge in [0.2, 0.25) is 0 Å². The SMILES string of the molecule is C[C@H]1CO[C@@H](COS(C)(=O)=O)CO1. The van der Waals surface area contributed by atoms with Gasteiger partial charge in [0, 0.05) is 0 Å². The summed E-state index contributed by atoms with van der Waals surface area (Å²) >= 11 is 0. The maximum Gasteiger partial charge on any atom is 0.264 e. The lowest BCUT2D eigenvalue weighted by Gasteiger charge is -2.26. The molecule has 78 valence electrons. The molecule has 5 nitrogen and oxygen atoms in total. The molecule has 0 aromatic heterocycles. The van der Waals surface area contributed by atoms with E-state index in [-0.39, 0.29) is 18.8 Å². The van der Waals surface area contributed by atoms with Crippen molar-refractivity contribution >= 4 is 10.1 Å². The zero-order chi connectivity index (χ0) is 9.90. The van der Waals surface area contributed by atoms with Crippen LogP contribution in [-0.2, 0) is 23.8 Å². The highest BCUT2D eigenvalue weighted by atomic mass is 32.2. The fourth-order valence-electron chi connectivity index (χ4n) is 0.935. The lowest BCUT2D eigenvalue weighted by Crippen LogP contribution is -2.37. The Morgan fingerprint density at radius 2 is 2.08 bits per heavy atom. The molecule has 0 bridgehead atoms. The molecule has 1 fully saturated rings. The highest BCUT2D eigenvalue weighted by Crippen LogP contribution is 2.07. The van der Waals surface area contributed by atoms with Crippen LogP contribution in [0.5, 0.6) is 0 Å². The van der Waals surface area contributed by atoms with E-state index in [2.05, 4.69) is 4.18 Å². The average molecular weight is 210 g/mol. The topological polar surface area (TPSA) is 61.8 Å². The van der Waals surface area contributed by atoms with E-state index in [0.717, 1.165) is 6.26 Å². The number of hydrogen-bond donors (Lipinski definition) is 0. The molecule has 0 radical (unpaired) electrons. The highest BCUT2D eigenvalue weighted by Gasteiger charge is 2.20. The van der Waals surface area contributed by atoms with Gasteiger partial charge in [-0.1, -0.05) is 0 Å². The average Bonchev–Trinajstić information content (AvgIpc) is 2.02. The molecule has 6 heteroatoms. The third-order valence-electron chi connectivity index (χ3n) is 1.60. The predicted molar refractivity (Wildman–Crippen MR) is 45.9 cm³/mol. The van der Waals surface area contributed by atoms with Crippen LogP contribution >= 0.6 is 0 Å². The summed E-state index contributed by atoms with van der Waals surface area (Å²) in [4.78, 5) is 0. The smallest absolute Gasteiger partial charge is 0.264 e. The van der Waals surface area contributed by atoms with Crippen LogP contribution in [0.1, 0.15) is 6.92 Å². The molecule has 0 aromatic carbocycles. The predicted octanol–water partition coefficient (Wildman–Crippen LogP) is -0.233. The van der Waals surface area contributed by atoms with E-state index in [1.54, 1.807) is 0 Å². The maximum absolute atomic E-state index is 10.6. The van der Waals surface area contributed by atoms with Crippen molar-refractivity contribution < 1.29 is 22.1 Å². The third kappa shape index (κ3) is 4.56. The third-order valence-corrected chi connectivity index (χ3v) is 2.17. The zero-order valence-electron chi connectivity index (χ0n) is 7.73. The van der Waals surface area contributed by atoms with Crippen LogP contribution in [-0.4, -0.2) is 46.7 Å². The van der Waals surface area contributed by atoms with Crippen LogP contribution in [0, 0.1) is 0 Å². The second-order valence-corrected chi connectivity index (χ2v) is 4.73. The summed E-state index contributed by atoms with van der Waals surface area (Å²) in [5, 5.41) is 0. The fraction of sp³-hybridized carbons (Fsp3) is 1.00. The van der Waals surface area contributed by atoms with E-state index < -0.39 is 10.1 Å². The standard InChI is InChI=1S/C7H14O5S/c1-6-3-11-7(4-10-6)5-12-13(2,8)9/h6-7H,3-5H2,1-2H3/t6-,7+/m0/s1. The molecule has 1 aliphatic rings. The Hall–Kier alpha value is -0.170. The minimum Gasteiger partial charge on any atom is -0.373 e. The van der Waals surface area contributed by atoms with Crippen molar-refractivity contribution in [3.63, 3.8) is 0 Å². The molecule has 2 atom stereocenters. The molecule has 0 spiro atoms. The Bertz CT molecular complexity index is 240. The molecule has 0 aromatic rings. The molecule has 0 aliphatic carbocycles. The first-order chi connectivity index (χ1) is 5.97. The maximum atomic E-state index is 10.6. The monoisotopic (exact) mass is 210 g/mol. The normalized spacial score (nSPS) is 30.3. The van der Waals surface area contributed by atoms with Gasteiger partial charge in [0.15, 0.2) is 0 Å². The quantitative estimate of drug-likeness (QED) is 0.602. The molecule has 1 heterocycles. The molecule has 0 unspecified atom stereocenters. The number of rotatable bonds is 3. The summed E-state index contributed by atoms with van der Waals surface area (Å²) in [6, 6.07) is 0. The van der Waals surface area contributed by atoms with Gasteiger partial charge in [-0.05, 0) is 6.92 Å². The number of hydrogen-bond acceptors (Lipinski definition) is 5. The van der Waals surface area contributed by atoms with Crippen molar-refractivity contribution in [2.45, 2.75) is 19.1 Å². The molecular weight excluding hydrogens is 196 g/mol. The van der Waals surface area contributed by atoms with E-state index >= 15 is 0 Å². The van der Waals surface area contributed by atoms with Gasteiger partial charge in [-0.3, -0.25) is 4.18 Å². The second-order valence-electron chi connectivity index (χ2n) is 3.09. The van der Waals surface area contributed by atoms with Crippen molar-refractivity contribution in [1.82, 2.24) is 0 Å². The Labute approximate surface area is 78.1 Å². The Kier molecular flexibility index (Phi) is 3.66. The van der Waals surface area contributed by atoms with Gasteiger partial charge in [-0.25, -0.2) is 0 Å². The van der Waals surface area contributed by atoms with E-state index in [4.69, 9.17) is 9.47 Å². The summed E-state index contributed by atoms with van der Waals surface area (Å²) in [6.45, 7) is 2.80.